The third-order valence-electron chi connectivity index (χ3n) is 3.94. The molecule has 0 radical (unpaired) electrons. The Bertz CT molecular complexity index is 593. The highest BCUT2D eigenvalue weighted by Crippen LogP contribution is 2.28. The average molecular weight is 317 g/mol. The minimum Gasteiger partial charge on any atom is -0.301 e. The molecule has 0 spiro atoms. The Hall–Kier alpha value is -0.620. The smallest absolute Gasteiger partial charge is 0.244 e. The highest BCUT2D eigenvalue weighted by atomic mass is 35.5. The number of halogens is 1. The number of rotatable bonds is 3. The topological polar surface area (TPSA) is 40.6 Å². The molecule has 0 aliphatic carbocycles. The Kier molecular flexibility index (Phi) is 4.74. The lowest BCUT2D eigenvalue weighted by Gasteiger charge is -2.33. The van der Waals surface area contributed by atoms with Gasteiger partial charge in [-0.3, -0.25) is 0 Å². The lowest BCUT2D eigenvalue weighted by atomic mass is 10.1. The number of nitrogens with zero attached hydrogens (tertiary/aromatic N) is 2. The number of hydrogen-bond donors (Lipinski definition) is 0. The van der Waals surface area contributed by atoms with Gasteiger partial charge in [0.1, 0.15) is 4.90 Å². The zero-order valence-corrected chi connectivity index (χ0v) is 13.8. The van der Waals surface area contributed by atoms with Crippen molar-refractivity contribution in [3.63, 3.8) is 0 Å². The molecule has 0 atom stereocenters. The first-order chi connectivity index (χ1) is 9.36. The first kappa shape index (κ1) is 15.8. The van der Waals surface area contributed by atoms with Crippen LogP contribution in [-0.2, 0) is 10.0 Å². The molecule has 0 N–H and O–H groups in total. The summed E-state index contributed by atoms with van der Waals surface area (Å²) in [5.74, 6) is 0. The molecule has 0 amide bonds. The van der Waals surface area contributed by atoms with E-state index in [1.54, 1.807) is 12.1 Å². The highest BCUT2D eigenvalue weighted by Gasteiger charge is 2.29. The minimum atomic E-state index is -3.49. The molecule has 112 valence electrons. The molecule has 2 rings (SSSR count). The summed E-state index contributed by atoms with van der Waals surface area (Å²) in [7, 11) is -3.49. The molecular formula is C14H21ClN2O2S. The Labute approximate surface area is 126 Å². The Morgan fingerprint density at radius 1 is 1.10 bits per heavy atom. The van der Waals surface area contributed by atoms with E-state index in [4.69, 9.17) is 11.6 Å². The molecule has 0 saturated carbocycles. The van der Waals surface area contributed by atoms with Crippen molar-refractivity contribution in [2.45, 2.75) is 25.7 Å². The van der Waals surface area contributed by atoms with Gasteiger partial charge in [-0.15, -0.1) is 0 Å². The minimum absolute atomic E-state index is 0.229. The first-order valence-corrected chi connectivity index (χ1v) is 8.67. The van der Waals surface area contributed by atoms with Crippen LogP contribution in [0.15, 0.2) is 17.0 Å². The van der Waals surface area contributed by atoms with Crippen LogP contribution in [0.4, 0.5) is 0 Å². The second-order valence-electron chi connectivity index (χ2n) is 5.21. The molecule has 1 aromatic carbocycles. The monoisotopic (exact) mass is 316 g/mol. The summed E-state index contributed by atoms with van der Waals surface area (Å²) in [5.41, 5.74) is 1.95. The molecule has 1 saturated heterocycles. The summed E-state index contributed by atoms with van der Waals surface area (Å²) in [6.07, 6.45) is 0. The fraction of sp³-hybridized carbons (Fsp3) is 0.571. The summed E-state index contributed by atoms with van der Waals surface area (Å²) < 4.78 is 26.9. The Morgan fingerprint density at radius 3 is 2.20 bits per heavy atom. The van der Waals surface area contributed by atoms with Crippen molar-refractivity contribution in [2.75, 3.05) is 32.7 Å². The van der Waals surface area contributed by atoms with E-state index < -0.39 is 10.0 Å². The maximum atomic E-state index is 12.7. The van der Waals surface area contributed by atoms with Gasteiger partial charge in [0.15, 0.2) is 0 Å². The van der Waals surface area contributed by atoms with Crippen LogP contribution in [0.2, 0.25) is 5.02 Å². The maximum Gasteiger partial charge on any atom is 0.244 e. The van der Waals surface area contributed by atoms with Crippen molar-refractivity contribution < 1.29 is 8.42 Å². The van der Waals surface area contributed by atoms with Crippen LogP contribution in [-0.4, -0.2) is 50.3 Å². The summed E-state index contributed by atoms with van der Waals surface area (Å²) >= 11 is 6.14. The van der Waals surface area contributed by atoms with Crippen LogP contribution in [0.3, 0.4) is 0 Å². The van der Waals surface area contributed by atoms with Crippen molar-refractivity contribution in [1.82, 2.24) is 9.21 Å². The van der Waals surface area contributed by atoms with E-state index in [1.807, 2.05) is 13.8 Å². The van der Waals surface area contributed by atoms with Gasteiger partial charge in [-0.25, -0.2) is 8.42 Å². The third kappa shape index (κ3) is 3.01. The van der Waals surface area contributed by atoms with Crippen LogP contribution < -0.4 is 0 Å². The average Bonchev–Trinajstić information content (AvgIpc) is 2.42. The summed E-state index contributed by atoms with van der Waals surface area (Å²) in [5, 5.41) is 0.311. The number of piperazine rings is 1. The summed E-state index contributed by atoms with van der Waals surface area (Å²) in [6.45, 7) is 9.48. The zero-order valence-electron chi connectivity index (χ0n) is 12.2. The van der Waals surface area contributed by atoms with Gasteiger partial charge >= 0.3 is 0 Å². The second-order valence-corrected chi connectivity index (χ2v) is 7.52. The lowest BCUT2D eigenvalue weighted by Crippen LogP contribution is -2.48. The van der Waals surface area contributed by atoms with E-state index in [0.717, 1.165) is 30.8 Å². The van der Waals surface area contributed by atoms with Crippen LogP contribution in [0.5, 0.6) is 0 Å². The molecule has 0 aromatic heterocycles. The second kappa shape index (κ2) is 6.02. The van der Waals surface area contributed by atoms with Gasteiger partial charge in [-0.05, 0) is 43.7 Å². The van der Waals surface area contributed by atoms with Crippen molar-refractivity contribution in [3.8, 4) is 0 Å². The molecule has 20 heavy (non-hydrogen) atoms. The molecule has 0 bridgehead atoms. The Balaban J connectivity index is 2.30. The molecule has 1 aromatic rings. The van der Waals surface area contributed by atoms with Crippen LogP contribution >= 0.6 is 11.6 Å². The quantitative estimate of drug-likeness (QED) is 0.859. The predicted octanol–water partition coefficient (Wildman–Crippen LogP) is 2.28. The van der Waals surface area contributed by atoms with Gasteiger partial charge in [-0.1, -0.05) is 18.5 Å². The molecule has 1 heterocycles. The number of benzene rings is 1. The Morgan fingerprint density at radius 2 is 1.65 bits per heavy atom. The van der Waals surface area contributed by atoms with Crippen molar-refractivity contribution in [1.29, 1.82) is 0 Å². The number of sulfonamides is 1. The van der Waals surface area contributed by atoms with Gasteiger partial charge in [-0.2, -0.15) is 4.31 Å². The van der Waals surface area contributed by atoms with Gasteiger partial charge in [0.2, 0.25) is 10.0 Å². The predicted molar refractivity (Wildman–Crippen MR) is 81.8 cm³/mol. The van der Waals surface area contributed by atoms with Crippen LogP contribution in [0.1, 0.15) is 18.1 Å². The van der Waals surface area contributed by atoms with Gasteiger partial charge in [0.05, 0.1) is 5.02 Å². The summed E-state index contributed by atoms with van der Waals surface area (Å²) in [4.78, 5) is 2.47. The fourth-order valence-corrected chi connectivity index (χ4v) is 4.44. The highest BCUT2D eigenvalue weighted by molar-refractivity contribution is 7.89. The van der Waals surface area contributed by atoms with E-state index >= 15 is 0 Å². The molecule has 1 aliphatic rings. The van der Waals surface area contributed by atoms with Crippen molar-refractivity contribution in [3.05, 3.63) is 28.3 Å². The van der Waals surface area contributed by atoms with Crippen molar-refractivity contribution >= 4 is 21.6 Å². The summed E-state index contributed by atoms with van der Waals surface area (Å²) in [6, 6.07) is 3.41. The molecular weight excluding hydrogens is 296 g/mol. The molecule has 1 aliphatic heterocycles. The molecule has 4 nitrogen and oxygen atoms in total. The zero-order chi connectivity index (χ0) is 14.9. The van der Waals surface area contributed by atoms with Crippen molar-refractivity contribution in [2.24, 2.45) is 0 Å². The normalized spacial score (nSPS) is 18.4. The number of aryl methyl sites for hydroxylation is 2. The SMILES string of the molecule is CCN1CCN(S(=O)(=O)c2cc(C)c(C)cc2Cl)CC1. The molecule has 0 unspecified atom stereocenters. The van der Waals surface area contributed by atoms with E-state index in [1.165, 1.54) is 4.31 Å². The molecule has 6 heteroatoms. The largest absolute Gasteiger partial charge is 0.301 e. The van der Waals surface area contributed by atoms with E-state index in [2.05, 4.69) is 11.8 Å². The van der Waals surface area contributed by atoms with E-state index in [0.29, 0.717) is 18.1 Å². The molecule has 1 fully saturated rings. The van der Waals surface area contributed by atoms with Gasteiger partial charge in [0.25, 0.3) is 0 Å². The number of hydrogen-bond acceptors (Lipinski definition) is 3. The van der Waals surface area contributed by atoms with E-state index in [9.17, 15) is 8.42 Å². The van der Waals surface area contributed by atoms with Crippen LogP contribution in [0, 0.1) is 13.8 Å². The number of likely N-dealkylation sites (N-methyl/N-ethyl adjacent to an activating group) is 1. The maximum absolute atomic E-state index is 12.7. The first-order valence-electron chi connectivity index (χ1n) is 6.85. The third-order valence-corrected chi connectivity index (χ3v) is 6.31. The lowest BCUT2D eigenvalue weighted by molar-refractivity contribution is 0.196. The van der Waals surface area contributed by atoms with Crippen LogP contribution in [0.25, 0.3) is 0 Å². The van der Waals surface area contributed by atoms with Gasteiger partial charge in [0, 0.05) is 26.2 Å². The van der Waals surface area contributed by atoms with E-state index in [-0.39, 0.29) is 4.90 Å². The van der Waals surface area contributed by atoms with Gasteiger partial charge < -0.3 is 4.90 Å². The standard InChI is InChI=1S/C14H21ClN2O2S/c1-4-16-5-7-17(8-6-16)20(18,19)14-10-12(3)11(2)9-13(14)15/h9-10H,4-8H2,1-3H3. The fourth-order valence-electron chi connectivity index (χ4n) is 2.38.